The minimum Gasteiger partial charge on any atom is -0.347 e. The van der Waals surface area contributed by atoms with Crippen LogP contribution in [0.25, 0.3) is 0 Å². The first-order valence-electron chi connectivity index (χ1n) is 8.19. The molecule has 25 heavy (non-hydrogen) atoms. The number of ether oxygens (including phenoxy) is 2. The first-order chi connectivity index (χ1) is 11.9. The summed E-state index contributed by atoms with van der Waals surface area (Å²) in [6, 6.07) is 2.90. The van der Waals surface area contributed by atoms with Crippen LogP contribution in [0.2, 0.25) is 0 Å². The number of halogens is 2. The molecule has 0 aliphatic carbocycles. The molecule has 6 nitrogen and oxygen atoms in total. The van der Waals surface area contributed by atoms with Crippen LogP contribution in [0.3, 0.4) is 0 Å². The highest BCUT2D eigenvalue weighted by atomic mass is 19.1. The van der Waals surface area contributed by atoms with E-state index in [2.05, 4.69) is 0 Å². The van der Waals surface area contributed by atoms with E-state index >= 15 is 0 Å². The van der Waals surface area contributed by atoms with E-state index in [0.717, 1.165) is 17.0 Å². The second kappa shape index (κ2) is 7.05. The maximum Gasteiger partial charge on any atom is 0.242 e. The molecule has 136 valence electrons. The van der Waals surface area contributed by atoms with E-state index in [-0.39, 0.29) is 18.1 Å². The van der Waals surface area contributed by atoms with Gasteiger partial charge in [0.1, 0.15) is 18.2 Å². The maximum absolute atomic E-state index is 14.0. The molecule has 1 aromatic rings. The lowest BCUT2D eigenvalue weighted by atomic mass is 10.0. The molecule has 0 bridgehead atoms. The van der Waals surface area contributed by atoms with E-state index in [1.807, 2.05) is 0 Å². The normalized spacial score (nSPS) is 19.2. The summed E-state index contributed by atoms with van der Waals surface area (Å²) in [5.74, 6) is -3.01. The first-order valence-corrected chi connectivity index (χ1v) is 8.19. The predicted molar refractivity (Wildman–Crippen MR) is 84.8 cm³/mol. The van der Waals surface area contributed by atoms with Crippen molar-refractivity contribution in [1.82, 2.24) is 4.90 Å². The third-order valence-corrected chi connectivity index (χ3v) is 4.57. The zero-order valence-corrected chi connectivity index (χ0v) is 14.0. The lowest BCUT2D eigenvalue weighted by Gasteiger charge is -2.38. The lowest BCUT2D eigenvalue weighted by molar-refractivity contribution is -0.187. The van der Waals surface area contributed by atoms with Crippen molar-refractivity contribution in [2.45, 2.75) is 25.6 Å². The number of carbonyl (C=O) groups is 2. The molecule has 2 fully saturated rings. The largest absolute Gasteiger partial charge is 0.347 e. The van der Waals surface area contributed by atoms with Gasteiger partial charge in [-0.1, -0.05) is 0 Å². The predicted octanol–water partition coefficient (Wildman–Crippen LogP) is 1.68. The Hall–Kier alpha value is -2.06. The van der Waals surface area contributed by atoms with E-state index in [1.165, 1.54) is 6.92 Å². The van der Waals surface area contributed by atoms with Gasteiger partial charge in [-0.2, -0.15) is 0 Å². The minimum atomic E-state index is -0.881. The molecule has 0 atom stereocenters. The monoisotopic (exact) mass is 354 g/mol. The molecule has 2 heterocycles. The summed E-state index contributed by atoms with van der Waals surface area (Å²) in [6.45, 7) is 2.92. The number of amides is 2. The molecule has 2 saturated heterocycles. The van der Waals surface area contributed by atoms with Crippen molar-refractivity contribution in [2.75, 3.05) is 37.7 Å². The van der Waals surface area contributed by atoms with Crippen LogP contribution in [0.1, 0.15) is 19.8 Å². The van der Waals surface area contributed by atoms with Gasteiger partial charge in [-0.05, 0) is 12.1 Å². The Morgan fingerprint density at radius 1 is 1.20 bits per heavy atom. The van der Waals surface area contributed by atoms with Crippen molar-refractivity contribution in [3.63, 3.8) is 0 Å². The number of rotatable bonds is 3. The Morgan fingerprint density at radius 3 is 2.40 bits per heavy atom. The Balaban J connectivity index is 1.66. The quantitative estimate of drug-likeness (QED) is 0.829. The highest BCUT2D eigenvalue weighted by molar-refractivity contribution is 5.97. The van der Waals surface area contributed by atoms with Gasteiger partial charge in [0.25, 0.3) is 0 Å². The molecule has 8 heteroatoms. The smallest absolute Gasteiger partial charge is 0.242 e. The van der Waals surface area contributed by atoms with Crippen LogP contribution in [0.15, 0.2) is 18.2 Å². The molecule has 0 saturated carbocycles. The molecular weight excluding hydrogens is 334 g/mol. The summed E-state index contributed by atoms with van der Waals surface area (Å²) in [5, 5.41) is 0. The van der Waals surface area contributed by atoms with Gasteiger partial charge in [-0.15, -0.1) is 0 Å². The molecule has 0 radical (unpaired) electrons. The average molecular weight is 354 g/mol. The SMILES string of the molecule is CC(=O)N(CC(=O)N1CCC2(CC1)OCCO2)c1ccc(F)cc1F. The van der Waals surface area contributed by atoms with E-state index in [0.29, 0.717) is 45.2 Å². The second-order valence-electron chi connectivity index (χ2n) is 6.19. The molecule has 2 aliphatic heterocycles. The number of piperidine rings is 1. The molecule has 1 spiro atoms. The molecule has 3 rings (SSSR count). The third-order valence-electron chi connectivity index (χ3n) is 4.57. The summed E-state index contributed by atoms with van der Waals surface area (Å²) in [6.07, 6.45) is 1.12. The average Bonchev–Trinajstić information content (AvgIpc) is 3.01. The van der Waals surface area contributed by atoms with Gasteiger partial charge < -0.3 is 19.3 Å². The molecule has 0 unspecified atom stereocenters. The van der Waals surface area contributed by atoms with Crippen molar-refractivity contribution in [1.29, 1.82) is 0 Å². The van der Waals surface area contributed by atoms with Crippen LogP contribution in [0.5, 0.6) is 0 Å². The fraction of sp³-hybridized carbons (Fsp3) is 0.529. The van der Waals surface area contributed by atoms with Gasteiger partial charge in [-0.3, -0.25) is 9.59 Å². The molecular formula is C17H20F2N2O4. The Morgan fingerprint density at radius 2 is 1.84 bits per heavy atom. The highest BCUT2D eigenvalue weighted by Crippen LogP contribution is 2.31. The maximum atomic E-state index is 14.0. The second-order valence-corrected chi connectivity index (χ2v) is 6.19. The number of hydrogen-bond acceptors (Lipinski definition) is 4. The van der Waals surface area contributed by atoms with E-state index < -0.39 is 23.3 Å². The van der Waals surface area contributed by atoms with Gasteiger partial charge >= 0.3 is 0 Å². The zero-order chi connectivity index (χ0) is 18.0. The van der Waals surface area contributed by atoms with Gasteiger partial charge in [0.15, 0.2) is 5.79 Å². The van der Waals surface area contributed by atoms with Crippen molar-refractivity contribution in [2.24, 2.45) is 0 Å². The molecule has 1 aromatic carbocycles. The number of nitrogens with zero attached hydrogens (tertiary/aromatic N) is 2. The van der Waals surface area contributed by atoms with Gasteiger partial charge in [0.05, 0.1) is 18.9 Å². The van der Waals surface area contributed by atoms with E-state index in [9.17, 15) is 18.4 Å². The zero-order valence-electron chi connectivity index (χ0n) is 14.0. The Kier molecular flexibility index (Phi) is 5.01. The topological polar surface area (TPSA) is 59.1 Å². The van der Waals surface area contributed by atoms with Gasteiger partial charge in [0, 0.05) is 38.9 Å². The summed E-state index contributed by atoms with van der Waals surface area (Å²) < 4.78 is 38.3. The fourth-order valence-electron chi connectivity index (χ4n) is 3.18. The lowest BCUT2D eigenvalue weighted by Crippen LogP contribution is -2.50. The van der Waals surface area contributed by atoms with Crippen molar-refractivity contribution in [3.8, 4) is 0 Å². The molecule has 0 aromatic heterocycles. The summed E-state index contributed by atoms with van der Waals surface area (Å²) in [4.78, 5) is 27.0. The Bertz CT molecular complexity index is 667. The highest BCUT2D eigenvalue weighted by Gasteiger charge is 2.41. The van der Waals surface area contributed by atoms with Crippen LogP contribution in [-0.2, 0) is 19.1 Å². The van der Waals surface area contributed by atoms with Crippen LogP contribution >= 0.6 is 0 Å². The van der Waals surface area contributed by atoms with Crippen LogP contribution < -0.4 is 4.90 Å². The molecule has 0 N–H and O–H groups in total. The molecule has 2 aliphatic rings. The number of benzene rings is 1. The summed E-state index contributed by atoms with van der Waals surface area (Å²) >= 11 is 0. The fourth-order valence-corrected chi connectivity index (χ4v) is 3.18. The van der Waals surface area contributed by atoms with Gasteiger partial charge in [-0.25, -0.2) is 8.78 Å². The number of likely N-dealkylation sites (tertiary alicyclic amines) is 1. The number of carbonyl (C=O) groups excluding carboxylic acids is 2. The number of anilines is 1. The van der Waals surface area contributed by atoms with Crippen molar-refractivity contribution >= 4 is 17.5 Å². The minimum absolute atomic E-state index is 0.113. The number of hydrogen-bond donors (Lipinski definition) is 0. The van der Waals surface area contributed by atoms with Crippen molar-refractivity contribution in [3.05, 3.63) is 29.8 Å². The Labute approximate surface area is 144 Å². The van der Waals surface area contributed by atoms with E-state index in [1.54, 1.807) is 4.90 Å². The van der Waals surface area contributed by atoms with Crippen LogP contribution in [0, 0.1) is 11.6 Å². The standard InChI is InChI=1S/C17H20F2N2O4/c1-12(22)21(15-3-2-13(18)10-14(15)19)11-16(23)20-6-4-17(5-7-20)24-8-9-25-17/h2-3,10H,4-9,11H2,1H3. The molecule has 2 amide bonds. The van der Waals surface area contributed by atoms with E-state index in [4.69, 9.17) is 9.47 Å². The van der Waals surface area contributed by atoms with Crippen LogP contribution in [-0.4, -0.2) is 55.3 Å². The third kappa shape index (κ3) is 3.80. The summed E-state index contributed by atoms with van der Waals surface area (Å²) in [5.41, 5.74) is -0.113. The van der Waals surface area contributed by atoms with Gasteiger partial charge in [0.2, 0.25) is 11.8 Å². The van der Waals surface area contributed by atoms with Crippen LogP contribution in [0.4, 0.5) is 14.5 Å². The summed E-state index contributed by atoms with van der Waals surface area (Å²) in [7, 11) is 0. The van der Waals surface area contributed by atoms with Crippen molar-refractivity contribution < 1.29 is 27.8 Å². The first kappa shape index (κ1) is 17.8.